The molecule has 0 aliphatic carbocycles. The number of carbonyl (C=O) groups excluding carboxylic acids is 1. The molecule has 1 fully saturated rings. The topological polar surface area (TPSA) is 53.7 Å². The first-order valence-corrected chi connectivity index (χ1v) is 12.8. The van der Waals surface area contributed by atoms with Crippen LogP contribution in [0, 0.1) is 0 Å². The fourth-order valence-electron chi connectivity index (χ4n) is 4.88. The standard InChI is InChI=1S/C30H26ClN5O/c31-26-9-6-23(7-10-26)29-27(36-20-25(8-11-28(36)33-29)22-4-2-1-3-5-22)21-34-16-18-35(19-17-34)30(37)24-12-14-32-15-13-24/h1-15,20H,16-19,21H2. The number of nitrogens with zero attached hydrogens (tertiary/aromatic N) is 5. The number of rotatable bonds is 5. The molecular formula is C30H26ClN5O. The molecule has 1 aliphatic rings. The number of hydrogen-bond donors (Lipinski definition) is 0. The molecule has 0 radical (unpaired) electrons. The van der Waals surface area contributed by atoms with Crippen molar-refractivity contribution in [3.05, 3.63) is 114 Å². The Labute approximate surface area is 220 Å². The van der Waals surface area contributed by atoms with Gasteiger partial charge in [-0.1, -0.05) is 54.1 Å². The second-order valence-corrected chi connectivity index (χ2v) is 9.67. The van der Waals surface area contributed by atoms with E-state index in [1.54, 1.807) is 24.5 Å². The molecule has 1 aliphatic heterocycles. The van der Waals surface area contributed by atoms with Crippen LogP contribution >= 0.6 is 11.6 Å². The minimum atomic E-state index is 0.0613. The van der Waals surface area contributed by atoms with Gasteiger partial charge in [0.05, 0.1) is 11.4 Å². The van der Waals surface area contributed by atoms with Crippen molar-refractivity contribution in [1.82, 2.24) is 24.2 Å². The van der Waals surface area contributed by atoms with Gasteiger partial charge >= 0.3 is 0 Å². The molecular weight excluding hydrogens is 482 g/mol. The zero-order chi connectivity index (χ0) is 25.2. The van der Waals surface area contributed by atoms with Gasteiger partial charge in [0.1, 0.15) is 5.65 Å². The smallest absolute Gasteiger partial charge is 0.254 e. The average molecular weight is 508 g/mol. The number of aromatic nitrogens is 3. The normalized spacial score (nSPS) is 14.2. The van der Waals surface area contributed by atoms with E-state index in [0.29, 0.717) is 23.7 Å². The Bertz CT molecular complexity index is 1530. The van der Waals surface area contributed by atoms with Gasteiger partial charge in [-0.25, -0.2) is 4.98 Å². The van der Waals surface area contributed by atoms with E-state index < -0.39 is 0 Å². The number of halogens is 1. The van der Waals surface area contributed by atoms with E-state index in [-0.39, 0.29) is 5.91 Å². The SMILES string of the molecule is O=C(c1ccncc1)N1CCN(Cc2c(-c3ccc(Cl)cc3)nc3ccc(-c4ccccc4)cn23)CC1. The lowest BCUT2D eigenvalue weighted by Crippen LogP contribution is -2.48. The summed E-state index contributed by atoms with van der Waals surface area (Å²) >= 11 is 6.18. The predicted molar refractivity (Wildman–Crippen MR) is 146 cm³/mol. The van der Waals surface area contributed by atoms with Crippen molar-refractivity contribution >= 4 is 23.2 Å². The highest BCUT2D eigenvalue weighted by Gasteiger charge is 2.24. The van der Waals surface area contributed by atoms with Gasteiger partial charge in [-0.3, -0.25) is 14.7 Å². The lowest BCUT2D eigenvalue weighted by Gasteiger charge is -2.34. The summed E-state index contributed by atoms with van der Waals surface area (Å²) in [7, 11) is 0. The van der Waals surface area contributed by atoms with Gasteiger partial charge in [0, 0.05) is 67.5 Å². The number of benzene rings is 2. The molecule has 6 nitrogen and oxygen atoms in total. The van der Waals surface area contributed by atoms with E-state index in [0.717, 1.165) is 47.8 Å². The Hall–Kier alpha value is -4.00. The second kappa shape index (κ2) is 10.2. The third kappa shape index (κ3) is 4.86. The third-order valence-corrected chi connectivity index (χ3v) is 7.15. The third-order valence-electron chi connectivity index (χ3n) is 6.90. The maximum Gasteiger partial charge on any atom is 0.254 e. The minimum Gasteiger partial charge on any atom is -0.336 e. The Morgan fingerprint density at radius 1 is 0.784 bits per heavy atom. The molecule has 4 heterocycles. The molecule has 0 spiro atoms. The lowest BCUT2D eigenvalue weighted by molar-refractivity contribution is 0.0627. The van der Waals surface area contributed by atoms with Gasteiger partial charge in [0.2, 0.25) is 0 Å². The molecule has 0 bridgehead atoms. The molecule has 7 heteroatoms. The van der Waals surface area contributed by atoms with Gasteiger partial charge in [0.25, 0.3) is 5.91 Å². The summed E-state index contributed by atoms with van der Waals surface area (Å²) in [5, 5.41) is 0.704. The molecule has 0 unspecified atom stereocenters. The van der Waals surface area contributed by atoms with Gasteiger partial charge in [-0.05, 0) is 47.5 Å². The fraction of sp³-hybridized carbons (Fsp3) is 0.167. The lowest BCUT2D eigenvalue weighted by atomic mass is 10.1. The molecule has 0 saturated carbocycles. The number of piperazine rings is 1. The molecule has 1 saturated heterocycles. The van der Waals surface area contributed by atoms with Gasteiger partial charge < -0.3 is 9.30 Å². The number of carbonyl (C=O) groups is 1. The molecule has 1 amide bonds. The number of hydrogen-bond acceptors (Lipinski definition) is 4. The van der Waals surface area contributed by atoms with E-state index in [9.17, 15) is 4.79 Å². The van der Waals surface area contributed by atoms with Crippen LogP contribution in [0.2, 0.25) is 5.02 Å². The molecule has 0 atom stereocenters. The van der Waals surface area contributed by atoms with E-state index in [1.165, 1.54) is 5.56 Å². The van der Waals surface area contributed by atoms with Crippen LogP contribution in [0.15, 0.2) is 97.5 Å². The van der Waals surface area contributed by atoms with E-state index in [1.807, 2.05) is 35.2 Å². The summed E-state index contributed by atoms with van der Waals surface area (Å²) in [6.07, 6.45) is 5.50. The van der Waals surface area contributed by atoms with Crippen molar-refractivity contribution in [1.29, 1.82) is 0 Å². The molecule has 2 aromatic carbocycles. The number of pyridine rings is 2. The zero-order valence-corrected chi connectivity index (χ0v) is 21.1. The summed E-state index contributed by atoms with van der Waals surface area (Å²) in [6, 6.07) is 26.0. The number of amides is 1. The van der Waals surface area contributed by atoms with Crippen LogP contribution in [0.5, 0.6) is 0 Å². The molecule has 5 aromatic rings. The molecule has 6 rings (SSSR count). The van der Waals surface area contributed by atoms with Gasteiger partial charge in [0.15, 0.2) is 0 Å². The van der Waals surface area contributed by atoms with Crippen LogP contribution in [-0.2, 0) is 6.54 Å². The van der Waals surface area contributed by atoms with Crippen LogP contribution in [0.1, 0.15) is 16.1 Å². The maximum atomic E-state index is 12.9. The van der Waals surface area contributed by atoms with Crippen molar-refractivity contribution in [3.8, 4) is 22.4 Å². The van der Waals surface area contributed by atoms with Crippen LogP contribution in [0.3, 0.4) is 0 Å². The van der Waals surface area contributed by atoms with Crippen molar-refractivity contribution in [2.24, 2.45) is 0 Å². The molecule has 37 heavy (non-hydrogen) atoms. The quantitative estimate of drug-likeness (QED) is 0.307. The van der Waals surface area contributed by atoms with Crippen LogP contribution in [0.4, 0.5) is 0 Å². The Balaban J connectivity index is 1.30. The summed E-state index contributed by atoms with van der Waals surface area (Å²) in [5.74, 6) is 0.0613. The first-order valence-electron chi connectivity index (χ1n) is 12.4. The van der Waals surface area contributed by atoms with Crippen molar-refractivity contribution < 1.29 is 4.79 Å². The average Bonchev–Trinajstić information content (AvgIpc) is 3.32. The predicted octanol–water partition coefficient (Wildman–Crippen LogP) is 5.67. The first kappa shape index (κ1) is 23.4. The van der Waals surface area contributed by atoms with E-state index in [2.05, 4.69) is 56.9 Å². The maximum absolute atomic E-state index is 12.9. The highest BCUT2D eigenvalue weighted by Crippen LogP contribution is 2.29. The van der Waals surface area contributed by atoms with Gasteiger partial charge in [-0.15, -0.1) is 0 Å². The van der Waals surface area contributed by atoms with E-state index >= 15 is 0 Å². The molecule has 3 aromatic heterocycles. The molecule has 184 valence electrons. The zero-order valence-electron chi connectivity index (χ0n) is 20.3. The largest absolute Gasteiger partial charge is 0.336 e. The van der Waals surface area contributed by atoms with Crippen LogP contribution < -0.4 is 0 Å². The van der Waals surface area contributed by atoms with Gasteiger partial charge in [-0.2, -0.15) is 0 Å². The summed E-state index contributed by atoms with van der Waals surface area (Å²) in [5.41, 5.74) is 7.02. The summed E-state index contributed by atoms with van der Waals surface area (Å²) < 4.78 is 2.21. The minimum absolute atomic E-state index is 0.0613. The Morgan fingerprint density at radius 3 is 2.22 bits per heavy atom. The monoisotopic (exact) mass is 507 g/mol. The highest BCUT2D eigenvalue weighted by atomic mass is 35.5. The van der Waals surface area contributed by atoms with E-state index in [4.69, 9.17) is 16.6 Å². The van der Waals surface area contributed by atoms with Crippen molar-refractivity contribution in [3.63, 3.8) is 0 Å². The molecule has 0 N–H and O–H groups in total. The fourth-order valence-corrected chi connectivity index (χ4v) is 5.01. The number of fused-ring (bicyclic) bond motifs is 1. The van der Waals surface area contributed by atoms with Crippen LogP contribution in [-0.4, -0.2) is 56.3 Å². The summed E-state index contributed by atoms with van der Waals surface area (Å²) in [4.78, 5) is 26.3. The Morgan fingerprint density at radius 2 is 1.49 bits per heavy atom. The first-order chi connectivity index (χ1) is 18.2. The summed E-state index contributed by atoms with van der Waals surface area (Å²) in [6.45, 7) is 3.69. The highest BCUT2D eigenvalue weighted by molar-refractivity contribution is 6.30. The van der Waals surface area contributed by atoms with Crippen molar-refractivity contribution in [2.45, 2.75) is 6.54 Å². The van der Waals surface area contributed by atoms with Crippen molar-refractivity contribution in [2.75, 3.05) is 26.2 Å². The van der Waals surface area contributed by atoms with Crippen LogP contribution in [0.25, 0.3) is 28.0 Å². The second-order valence-electron chi connectivity index (χ2n) is 9.23. The number of imidazole rings is 1. The Kier molecular flexibility index (Phi) is 6.43.